The number of aliphatic carboxylic acids is 1. The molecule has 0 unspecified atom stereocenters. The number of carboxylic acids is 1. The van der Waals surface area contributed by atoms with Crippen molar-refractivity contribution in [1.29, 1.82) is 0 Å². The number of hydrogen-bond donors (Lipinski definition) is 3. The first-order valence-electron chi connectivity index (χ1n) is 7.55. The lowest BCUT2D eigenvalue weighted by Crippen LogP contribution is -2.28. The van der Waals surface area contributed by atoms with Crippen LogP contribution < -0.4 is 10.6 Å². The molecule has 8 nitrogen and oxygen atoms in total. The van der Waals surface area contributed by atoms with Gasteiger partial charge in [-0.2, -0.15) is 10.1 Å². The molecule has 0 saturated carbocycles. The molecular weight excluding hydrogens is 310 g/mol. The van der Waals surface area contributed by atoms with Crippen molar-refractivity contribution in [3.05, 3.63) is 36.2 Å². The average molecular weight is 331 g/mol. The first kappa shape index (κ1) is 17.5. The van der Waals surface area contributed by atoms with Crippen LogP contribution >= 0.6 is 0 Å². The molecule has 2 rings (SSSR count). The Labute approximate surface area is 139 Å². The van der Waals surface area contributed by atoms with Crippen LogP contribution in [0.3, 0.4) is 0 Å². The van der Waals surface area contributed by atoms with E-state index in [2.05, 4.69) is 20.7 Å². The topological polar surface area (TPSA) is 109 Å². The minimum atomic E-state index is -0.854. The Morgan fingerprint density at radius 3 is 2.67 bits per heavy atom. The van der Waals surface area contributed by atoms with Crippen molar-refractivity contribution in [2.24, 2.45) is 0 Å². The standard InChI is InChI=1S/C16H21N5O3/c1-16(2,3)21-14(17-10-18-21)20-15(24)19-12-6-4-5-11(9-12)7-8-13(22)23/h4-6,9-10H,7-8H2,1-3H3,(H,22,23)(H2,17,18,19,20,24). The van der Waals surface area contributed by atoms with E-state index in [9.17, 15) is 9.59 Å². The van der Waals surface area contributed by atoms with Gasteiger partial charge in [0.2, 0.25) is 5.95 Å². The maximum Gasteiger partial charge on any atom is 0.326 e. The number of nitrogens with zero attached hydrogens (tertiary/aromatic N) is 3. The summed E-state index contributed by atoms with van der Waals surface area (Å²) in [4.78, 5) is 26.8. The predicted molar refractivity (Wildman–Crippen MR) is 90.1 cm³/mol. The van der Waals surface area contributed by atoms with Crippen LogP contribution in [0.25, 0.3) is 0 Å². The van der Waals surface area contributed by atoms with E-state index in [0.717, 1.165) is 5.56 Å². The maximum atomic E-state index is 12.1. The Balaban J connectivity index is 2.01. The van der Waals surface area contributed by atoms with Crippen molar-refractivity contribution in [2.45, 2.75) is 39.2 Å². The molecule has 2 amide bonds. The summed E-state index contributed by atoms with van der Waals surface area (Å²) >= 11 is 0. The molecular formula is C16H21N5O3. The lowest BCUT2D eigenvalue weighted by Gasteiger charge is -2.21. The van der Waals surface area contributed by atoms with E-state index >= 15 is 0 Å². The van der Waals surface area contributed by atoms with Crippen LogP contribution in [-0.2, 0) is 16.8 Å². The number of rotatable bonds is 5. The molecule has 3 N–H and O–H groups in total. The van der Waals surface area contributed by atoms with Crippen molar-refractivity contribution in [1.82, 2.24) is 14.8 Å². The smallest absolute Gasteiger partial charge is 0.326 e. The summed E-state index contributed by atoms with van der Waals surface area (Å²) in [6.45, 7) is 5.87. The highest BCUT2D eigenvalue weighted by atomic mass is 16.4. The molecule has 0 fully saturated rings. The number of nitrogens with one attached hydrogen (secondary N) is 2. The van der Waals surface area contributed by atoms with Gasteiger partial charge >= 0.3 is 12.0 Å². The SMILES string of the molecule is CC(C)(C)n1ncnc1NC(=O)Nc1cccc(CCC(=O)O)c1. The summed E-state index contributed by atoms with van der Waals surface area (Å²) in [5.74, 6) is -0.505. The number of carbonyl (C=O) groups is 2. The molecule has 1 aromatic heterocycles. The fraction of sp³-hybridized carbons (Fsp3) is 0.375. The molecule has 0 aliphatic carbocycles. The van der Waals surface area contributed by atoms with Crippen LogP contribution in [0.15, 0.2) is 30.6 Å². The molecule has 24 heavy (non-hydrogen) atoms. The van der Waals surface area contributed by atoms with E-state index < -0.39 is 12.0 Å². The van der Waals surface area contributed by atoms with Crippen LogP contribution in [-0.4, -0.2) is 31.9 Å². The molecule has 1 heterocycles. The molecule has 0 saturated heterocycles. The van der Waals surface area contributed by atoms with Gasteiger partial charge in [0.1, 0.15) is 6.33 Å². The van der Waals surface area contributed by atoms with Crippen LogP contribution in [0, 0.1) is 0 Å². The number of anilines is 2. The van der Waals surface area contributed by atoms with Gasteiger partial charge in [-0.05, 0) is 44.9 Å². The summed E-state index contributed by atoms with van der Waals surface area (Å²) < 4.78 is 1.62. The molecule has 0 atom stereocenters. The van der Waals surface area contributed by atoms with Crippen LogP contribution in [0.4, 0.5) is 16.4 Å². The fourth-order valence-corrected chi connectivity index (χ4v) is 2.14. The monoisotopic (exact) mass is 331 g/mol. The molecule has 0 spiro atoms. The Hall–Kier alpha value is -2.90. The van der Waals surface area contributed by atoms with Gasteiger partial charge in [0.25, 0.3) is 0 Å². The highest BCUT2D eigenvalue weighted by Crippen LogP contribution is 2.17. The number of aromatic nitrogens is 3. The van der Waals surface area contributed by atoms with Crippen LogP contribution in [0.5, 0.6) is 0 Å². The minimum Gasteiger partial charge on any atom is -0.481 e. The van der Waals surface area contributed by atoms with Gasteiger partial charge < -0.3 is 10.4 Å². The molecule has 0 aliphatic rings. The third-order valence-corrected chi connectivity index (χ3v) is 3.22. The quantitative estimate of drug-likeness (QED) is 0.780. The number of benzene rings is 1. The van der Waals surface area contributed by atoms with E-state index in [4.69, 9.17) is 5.11 Å². The van der Waals surface area contributed by atoms with E-state index in [1.165, 1.54) is 6.33 Å². The normalized spacial score (nSPS) is 11.1. The van der Waals surface area contributed by atoms with Crippen LogP contribution in [0.1, 0.15) is 32.8 Å². The van der Waals surface area contributed by atoms with Crippen molar-refractivity contribution < 1.29 is 14.7 Å². The molecule has 128 valence electrons. The summed E-state index contributed by atoms with van der Waals surface area (Å²) in [5, 5.41) is 18.2. The van der Waals surface area contributed by atoms with Gasteiger partial charge in [0.05, 0.1) is 5.54 Å². The van der Waals surface area contributed by atoms with Gasteiger partial charge in [-0.3, -0.25) is 10.1 Å². The second-order valence-corrected chi connectivity index (χ2v) is 6.34. The Bertz CT molecular complexity index is 733. The highest BCUT2D eigenvalue weighted by Gasteiger charge is 2.19. The highest BCUT2D eigenvalue weighted by molar-refractivity contribution is 5.98. The summed E-state index contributed by atoms with van der Waals surface area (Å²) in [6.07, 6.45) is 1.84. The largest absolute Gasteiger partial charge is 0.481 e. The van der Waals surface area contributed by atoms with Crippen LogP contribution in [0.2, 0.25) is 0 Å². The Morgan fingerprint density at radius 2 is 2.00 bits per heavy atom. The fourth-order valence-electron chi connectivity index (χ4n) is 2.14. The number of amides is 2. The number of aryl methyl sites for hydroxylation is 1. The van der Waals surface area contributed by atoms with E-state index in [1.54, 1.807) is 22.9 Å². The molecule has 2 aromatic rings. The second-order valence-electron chi connectivity index (χ2n) is 6.34. The summed E-state index contributed by atoms with van der Waals surface area (Å²) in [5.41, 5.74) is 1.11. The van der Waals surface area contributed by atoms with Crippen molar-refractivity contribution in [3.8, 4) is 0 Å². The maximum absolute atomic E-state index is 12.1. The summed E-state index contributed by atoms with van der Waals surface area (Å²) in [7, 11) is 0. The van der Waals surface area contributed by atoms with Gasteiger partial charge in [0, 0.05) is 12.1 Å². The number of urea groups is 1. The zero-order valence-electron chi connectivity index (χ0n) is 13.9. The first-order valence-corrected chi connectivity index (χ1v) is 7.55. The van der Waals surface area contributed by atoms with Gasteiger partial charge in [0.15, 0.2) is 0 Å². The van der Waals surface area contributed by atoms with E-state index in [0.29, 0.717) is 18.1 Å². The zero-order chi connectivity index (χ0) is 17.7. The number of hydrogen-bond acceptors (Lipinski definition) is 4. The Morgan fingerprint density at radius 1 is 1.25 bits per heavy atom. The molecule has 0 bridgehead atoms. The molecule has 1 aromatic carbocycles. The number of carbonyl (C=O) groups excluding carboxylic acids is 1. The first-order chi connectivity index (χ1) is 11.3. The number of carboxylic acid groups (broad SMARTS) is 1. The van der Waals surface area contributed by atoms with Gasteiger partial charge in [-0.1, -0.05) is 12.1 Å². The van der Waals surface area contributed by atoms with Gasteiger partial charge in [-0.25, -0.2) is 9.48 Å². The third-order valence-electron chi connectivity index (χ3n) is 3.22. The van der Waals surface area contributed by atoms with E-state index in [1.807, 2.05) is 26.8 Å². The minimum absolute atomic E-state index is 0.0460. The van der Waals surface area contributed by atoms with Crippen molar-refractivity contribution in [2.75, 3.05) is 10.6 Å². The zero-order valence-corrected chi connectivity index (χ0v) is 13.9. The van der Waals surface area contributed by atoms with Crippen molar-refractivity contribution in [3.63, 3.8) is 0 Å². The van der Waals surface area contributed by atoms with Crippen molar-refractivity contribution >= 4 is 23.6 Å². The second kappa shape index (κ2) is 7.12. The third kappa shape index (κ3) is 4.80. The summed E-state index contributed by atoms with van der Waals surface area (Å²) in [6, 6.07) is 6.63. The molecule has 0 radical (unpaired) electrons. The van der Waals surface area contributed by atoms with E-state index in [-0.39, 0.29) is 12.0 Å². The lowest BCUT2D eigenvalue weighted by atomic mass is 10.1. The Kier molecular flexibility index (Phi) is 5.18. The lowest BCUT2D eigenvalue weighted by molar-refractivity contribution is -0.136. The predicted octanol–water partition coefficient (Wildman–Crippen LogP) is 2.69. The molecule has 8 heteroatoms. The molecule has 0 aliphatic heterocycles. The average Bonchev–Trinajstić information content (AvgIpc) is 2.93. The van der Waals surface area contributed by atoms with Gasteiger partial charge in [-0.15, -0.1) is 0 Å².